The Kier molecular flexibility index (Phi) is 4.01. The molecule has 1 rings (SSSR count). The van der Waals surface area contributed by atoms with Crippen molar-refractivity contribution in [1.82, 2.24) is 0 Å². The summed E-state index contributed by atoms with van der Waals surface area (Å²) in [4.78, 5) is 10.7. The average Bonchev–Trinajstić information content (AvgIpc) is 2.25. The zero-order valence-corrected chi connectivity index (χ0v) is 9.78. The predicted octanol–water partition coefficient (Wildman–Crippen LogP) is 2.32. The van der Waals surface area contributed by atoms with E-state index in [1.807, 2.05) is 0 Å². The second-order valence-electron chi connectivity index (χ2n) is 3.53. The Balaban J connectivity index is 2.99. The van der Waals surface area contributed by atoms with Gasteiger partial charge in [0, 0.05) is 0 Å². The van der Waals surface area contributed by atoms with Crippen molar-refractivity contribution in [3.8, 4) is 11.5 Å². The third-order valence-corrected chi connectivity index (χ3v) is 2.70. The lowest BCUT2D eigenvalue weighted by Gasteiger charge is -2.11. The van der Waals surface area contributed by atoms with Crippen molar-refractivity contribution < 1.29 is 19.7 Å². The Bertz CT molecular complexity index is 403. The minimum atomic E-state index is -0.911. The third-order valence-electron chi connectivity index (χ3n) is 2.33. The van der Waals surface area contributed by atoms with Gasteiger partial charge in [0.2, 0.25) is 0 Å². The molecule has 0 spiro atoms. The predicted molar refractivity (Wildman–Crippen MR) is 60.2 cm³/mol. The molecule has 16 heavy (non-hydrogen) atoms. The van der Waals surface area contributed by atoms with Gasteiger partial charge in [-0.1, -0.05) is 24.6 Å². The van der Waals surface area contributed by atoms with Crippen LogP contribution < -0.4 is 4.74 Å². The lowest BCUT2D eigenvalue weighted by atomic mass is 10.0. The number of carboxylic acid groups (broad SMARTS) is 1. The molecule has 0 amide bonds. The van der Waals surface area contributed by atoms with E-state index in [-0.39, 0.29) is 17.2 Å². The van der Waals surface area contributed by atoms with Crippen LogP contribution in [0.1, 0.15) is 12.5 Å². The molecule has 4 nitrogen and oxygen atoms in total. The highest BCUT2D eigenvalue weighted by atomic mass is 35.5. The van der Waals surface area contributed by atoms with Crippen molar-refractivity contribution in [2.75, 3.05) is 7.11 Å². The molecular formula is C11H13ClO4. The molecule has 2 N–H and O–H groups in total. The van der Waals surface area contributed by atoms with Gasteiger partial charge in [0.15, 0.2) is 0 Å². The number of aromatic hydroxyl groups is 1. The van der Waals surface area contributed by atoms with Gasteiger partial charge < -0.3 is 14.9 Å². The summed E-state index contributed by atoms with van der Waals surface area (Å²) in [6.45, 7) is 1.57. The number of phenols is 1. The second kappa shape index (κ2) is 5.07. The molecule has 0 radical (unpaired) electrons. The smallest absolute Gasteiger partial charge is 0.306 e. The number of aliphatic carboxylic acids is 1. The van der Waals surface area contributed by atoms with Crippen molar-refractivity contribution in [2.24, 2.45) is 5.92 Å². The maximum Gasteiger partial charge on any atom is 0.306 e. The summed E-state index contributed by atoms with van der Waals surface area (Å²) in [5, 5.41) is 18.6. The number of rotatable bonds is 4. The standard InChI is InChI=1S/C11H13ClO4/c1-6(11(14)15)5-7-3-4-8(16-2)9(12)10(7)13/h3-4,6,13H,5H2,1-2H3,(H,14,15). The van der Waals surface area contributed by atoms with E-state index in [0.717, 1.165) is 0 Å². The Morgan fingerprint density at radius 1 is 1.56 bits per heavy atom. The molecule has 0 saturated carbocycles. The van der Waals surface area contributed by atoms with Crippen LogP contribution in [0.4, 0.5) is 0 Å². The van der Waals surface area contributed by atoms with Gasteiger partial charge >= 0.3 is 5.97 Å². The minimum absolute atomic E-state index is 0.109. The van der Waals surface area contributed by atoms with E-state index in [1.54, 1.807) is 19.1 Å². The molecule has 1 aromatic rings. The van der Waals surface area contributed by atoms with Crippen molar-refractivity contribution in [2.45, 2.75) is 13.3 Å². The number of hydrogen-bond acceptors (Lipinski definition) is 3. The summed E-state index contributed by atoms with van der Waals surface area (Å²) in [6.07, 6.45) is 0.227. The molecule has 0 aliphatic carbocycles. The summed E-state index contributed by atoms with van der Waals surface area (Å²) in [5.41, 5.74) is 0.501. The number of benzene rings is 1. The Morgan fingerprint density at radius 2 is 2.19 bits per heavy atom. The maximum atomic E-state index is 10.7. The third kappa shape index (κ3) is 2.58. The monoisotopic (exact) mass is 244 g/mol. The molecular weight excluding hydrogens is 232 g/mol. The summed E-state index contributed by atoms with van der Waals surface area (Å²) in [7, 11) is 1.44. The van der Waals surface area contributed by atoms with Crippen LogP contribution in [0.25, 0.3) is 0 Å². The molecule has 0 aromatic heterocycles. The topological polar surface area (TPSA) is 66.8 Å². The van der Waals surface area contributed by atoms with Gasteiger partial charge in [-0.3, -0.25) is 4.79 Å². The van der Waals surface area contributed by atoms with Gasteiger partial charge in [-0.05, 0) is 18.1 Å². The fraction of sp³-hybridized carbons (Fsp3) is 0.364. The lowest BCUT2D eigenvalue weighted by molar-refractivity contribution is -0.141. The summed E-state index contributed by atoms with van der Waals surface area (Å²) in [6, 6.07) is 3.21. The molecule has 0 bridgehead atoms. The van der Waals surface area contributed by atoms with Gasteiger partial charge in [0.25, 0.3) is 0 Å². The molecule has 0 aliphatic rings. The first-order valence-electron chi connectivity index (χ1n) is 4.74. The largest absolute Gasteiger partial charge is 0.506 e. The number of methoxy groups -OCH3 is 1. The fourth-order valence-electron chi connectivity index (χ4n) is 1.33. The van der Waals surface area contributed by atoms with Crippen molar-refractivity contribution >= 4 is 17.6 Å². The van der Waals surface area contributed by atoms with Crippen LogP contribution in [0.5, 0.6) is 11.5 Å². The minimum Gasteiger partial charge on any atom is -0.506 e. The van der Waals surface area contributed by atoms with E-state index in [0.29, 0.717) is 11.3 Å². The van der Waals surface area contributed by atoms with E-state index in [4.69, 9.17) is 21.4 Å². The zero-order valence-electron chi connectivity index (χ0n) is 9.03. The molecule has 88 valence electrons. The highest BCUT2D eigenvalue weighted by molar-refractivity contribution is 6.33. The van der Waals surface area contributed by atoms with Crippen LogP contribution in [0.3, 0.4) is 0 Å². The molecule has 5 heteroatoms. The van der Waals surface area contributed by atoms with Gasteiger partial charge in [-0.25, -0.2) is 0 Å². The molecule has 0 heterocycles. The highest BCUT2D eigenvalue weighted by Crippen LogP contribution is 2.36. The van der Waals surface area contributed by atoms with Crippen molar-refractivity contribution in [3.05, 3.63) is 22.7 Å². The average molecular weight is 245 g/mol. The first-order chi connectivity index (χ1) is 7.47. The second-order valence-corrected chi connectivity index (χ2v) is 3.91. The quantitative estimate of drug-likeness (QED) is 0.853. The molecule has 0 fully saturated rings. The van der Waals surface area contributed by atoms with Crippen LogP contribution in [-0.4, -0.2) is 23.3 Å². The van der Waals surface area contributed by atoms with Gasteiger partial charge in [-0.2, -0.15) is 0 Å². The van der Waals surface area contributed by atoms with Crippen LogP contribution in [0.2, 0.25) is 5.02 Å². The number of hydrogen-bond donors (Lipinski definition) is 2. The number of halogens is 1. The first kappa shape index (κ1) is 12.6. The molecule has 1 unspecified atom stereocenters. The zero-order chi connectivity index (χ0) is 12.3. The van der Waals surface area contributed by atoms with E-state index in [2.05, 4.69) is 0 Å². The molecule has 0 saturated heterocycles. The Labute approximate surface area is 98.4 Å². The van der Waals surface area contributed by atoms with E-state index >= 15 is 0 Å². The Morgan fingerprint density at radius 3 is 2.69 bits per heavy atom. The summed E-state index contributed by atoms with van der Waals surface area (Å²) in [5.74, 6) is -1.23. The maximum absolute atomic E-state index is 10.7. The van der Waals surface area contributed by atoms with Gasteiger partial charge in [0.05, 0.1) is 13.0 Å². The van der Waals surface area contributed by atoms with Crippen LogP contribution >= 0.6 is 11.6 Å². The number of ether oxygens (including phenoxy) is 1. The SMILES string of the molecule is COc1ccc(CC(C)C(=O)O)c(O)c1Cl. The summed E-state index contributed by atoms with van der Waals surface area (Å²) < 4.78 is 4.92. The van der Waals surface area contributed by atoms with E-state index < -0.39 is 11.9 Å². The van der Waals surface area contributed by atoms with E-state index in [1.165, 1.54) is 7.11 Å². The normalized spacial score (nSPS) is 12.2. The van der Waals surface area contributed by atoms with Crippen molar-refractivity contribution in [1.29, 1.82) is 0 Å². The first-order valence-corrected chi connectivity index (χ1v) is 5.12. The molecule has 1 atom stereocenters. The number of phenolic OH excluding ortho intramolecular Hbond substituents is 1. The summed E-state index contributed by atoms with van der Waals surface area (Å²) >= 11 is 5.84. The molecule has 0 aliphatic heterocycles. The van der Waals surface area contributed by atoms with Gasteiger partial charge in [0.1, 0.15) is 16.5 Å². The van der Waals surface area contributed by atoms with Gasteiger partial charge in [-0.15, -0.1) is 0 Å². The number of carboxylic acids is 1. The molecule has 1 aromatic carbocycles. The van der Waals surface area contributed by atoms with Crippen LogP contribution in [0.15, 0.2) is 12.1 Å². The van der Waals surface area contributed by atoms with E-state index in [9.17, 15) is 9.90 Å². The lowest BCUT2D eigenvalue weighted by Crippen LogP contribution is -2.12. The van der Waals surface area contributed by atoms with Crippen LogP contribution in [-0.2, 0) is 11.2 Å². The fourth-order valence-corrected chi connectivity index (χ4v) is 1.59. The Hall–Kier alpha value is -1.42. The van der Waals surface area contributed by atoms with Crippen LogP contribution in [0, 0.1) is 5.92 Å². The number of carbonyl (C=O) groups is 1. The highest BCUT2D eigenvalue weighted by Gasteiger charge is 2.17. The van der Waals surface area contributed by atoms with Crippen molar-refractivity contribution in [3.63, 3.8) is 0 Å².